The van der Waals surface area contributed by atoms with Crippen molar-refractivity contribution in [1.29, 1.82) is 0 Å². The fourth-order valence-electron chi connectivity index (χ4n) is 3.21. The van der Waals surface area contributed by atoms with Crippen molar-refractivity contribution in [3.63, 3.8) is 0 Å². The van der Waals surface area contributed by atoms with Crippen LogP contribution in [-0.2, 0) is 4.79 Å². The molecule has 1 atom stereocenters. The van der Waals surface area contributed by atoms with Gasteiger partial charge in [-0.3, -0.25) is 4.79 Å². The maximum absolute atomic E-state index is 12.1. The number of aromatic nitrogens is 1. The molecule has 5 nitrogen and oxygen atoms in total. The molecule has 3 heterocycles. The van der Waals surface area contributed by atoms with Crippen molar-refractivity contribution in [3.05, 3.63) is 64.7 Å². The molecule has 0 spiro atoms. The van der Waals surface area contributed by atoms with Crippen LogP contribution in [0.4, 0.5) is 0 Å². The highest BCUT2D eigenvalue weighted by Crippen LogP contribution is 2.37. The second-order valence-electron chi connectivity index (χ2n) is 6.12. The van der Waals surface area contributed by atoms with Crippen LogP contribution in [0.15, 0.2) is 52.2 Å². The predicted octanol–water partition coefficient (Wildman–Crippen LogP) is 4.49. The zero-order chi connectivity index (χ0) is 17.6. The summed E-state index contributed by atoms with van der Waals surface area (Å²) >= 11 is 6.47. The zero-order valence-electron chi connectivity index (χ0n) is 13.9. The highest BCUT2D eigenvalue weighted by Gasteiger charge is 2.34. The summed E-state index contributed by atoms with van der Waals surface area (Å²) in [5, 5.41) is 7.30. The fraction of sp³-hybridized carbons (Fsp3) is 0.211. The lowest BCUT2D eigenvalue weighted by Gasteiger charge is -2.21. The van der Waals surface area contributed by atoms with Crippen molar-refractivity contribution in [2.24, 2.45) is 5.10 Å². The molecule has 1 aromatic carbocycles. The van der Waals surface area contributed by atoms with Gasteiger partial charge >= 0.3 is 0 Å². The summed E-state index contributed by atoms with van der Waals surface area (Å²) in [6.07, 6.45) is 2.13. The number of benzene rings is 1. The molecule has 0 radical (unpaired) electrons. The minimum atomic E-state index is -0.289. The van der Waals surface area contributed by atoms with Gasteiger partial charge in [0.15, 0.2) is 0 Å². The lowest BCUT2D eigenvalue weighted by atomic mass is 10.00. The van der Waals surface area contributed by atoms with E-state index in [4.69, 9.17) is 16.0 Å². The molecule has 4 rings (SSSR count). The summed E-state index contributed by atoms with van der Waals surface area (Å²) in [6, 6.07) is 11.3. The van der Waals surface area contributed by atoms with Gasteiger partial charge in [-0.25, -0.2) is 9.99 Å². The molecule has 1 amide bonds. The summed E-state index contributed by atoms with van der Waals surface area (Å²) in [4.78, 5) is 16.7. The quantitative estimate of drug-likeness (QED) is 0.638. The zero-order valence-corrected chi connectivity index (χ0v) is 14.6. The van der Waals surface area contributed by atoms with E-state index in [2.05, 4.69) is 10.1 Å². The minimum absolute atomic E-state index is 0.146. The Balaban J connectivity index is 1.80. The number of halogens is 1. The van der Waals surface area contributed by atoms with E-state index in [1.165, 1.54) is 11.9 Å². The van der Waals surface area contributed by atoms with Crippen LogP contribution in [0.1, 0.15) is 36.3 Å². The number of para-hydroxylation sites is 1. The third-order valence-electron chi connectivity index (χ3n) is 4.43. The van der Waals surface area contributed by atoms with Gasteiger partial charge in [0, 0.05) is 24.3 Å². The Morgan fingerprint density at radius 1 is 1.32 bits per heavy atom. The Labute approximate surface area is 149 Å². The minimum Gasteiger partial charge on any atom is -0.463 e. The maximum Gasteiger partial charge on any atom is 0.240 e. The third kappa shape index (κ3) is 2.70. The van der Waals surface area contributed by atoms with Gasteiger partial charge in [-0.05, 0) is 30.7 Å². The molecule has 0 saturated heterocycles. The van der Waals surface area contributed by atoms with Crippen LogP contribution in [0.25, 0.3) is 10.9 Å². The molecule has 6 heteroatoms. The number of carbonyl (C=O) groups excluding carboxylic acids is 1. The molecule has 3 aromatic rings. The lowest BCUT2D eigenvalue weighted by Crippen LogP contribution is -2.24. The van der Waals surface area contributed by atoms with E-state index < -0.39 is 0 Å². The monoisotopic (exact) mass is 353 g/mol. The van der Waals surface area contributed by atoms with E-state index in [1.807, 2.05) is 37.3 Å². The van der Waals surface area contributed by atoms with Crippen molar-refractivity contribution >= 4 is 34.1 Å². The molecule has 0 saturated carbocycles. The van der Waals surface area contributed by atoms with Gasteiger partial charge in [0.1, 0.15) is 16.6 Å². The SMILES string of the molecule is CC(=O)N1N=C(c2ccco2)C[C@@H]1c1cc2cccc(C)c2nc1Cl. The summed E-state index contributed by atoms with van der Waals surface area (Å²) in [5.74, 6) is 0.515. The Morgan fingerprint density at radius 2 is 2.16 bits per heavy atom. The number of amides is 1. The number of pyridine rings is 1. The van der Waals surface area contributed by atoms with E-state index in [0.717, 1.165) is 27.7 Å². The summed E-state index contributed by atoms with van der Waals surface area (Å²) in [6.45, 7) is 3.50. The predicted molar refractivity (Wildman–Crippen MR) is 96.6 cm³/mol. The van der Waals surface area contributed by atoms with Gasteiger partial charge in [0.25, 0.3) is 0 Å². The number of aryl methyl sites for hydroxylation is 1. The van der Waals surface area contributed by atoms with Crippen LogP contribution in [0.3, 0.4) is 0 Å². The Kier molecular flexibility index (Phi) is 3.81. The van der Waals surface area contributed by atoms with Crippen LogP contribution >= 0.6 is 11.6 Å². The molecule has 0 bridgehead atoms. The van der Waals surface area contributed by atoms with Crippen molar-refractivity contribution in [3.8, 4) is 0 Å². The van der Waals surface area contributed by atoms with E-state index in [-0.39, 0.29) is 11.9 Å². The average molecular weight is 354 g/mol. The number of carbonyl (C=O) groups is 1. The number of hydrogen-bond donors (Lipinski definition) is 0. The molecule has 0 unspecified atom stereocenters. The van der Waals surface area contributed by atoms with Crippen molar-refractivity contribution in [2.75, 3.05) is 0 Å². The highest BCUT2D eigenvalue weighted by molar-refractivity contribution is 6.30. The van der Waals surface area contributed by atoms with Gasteiger partial charge in [0.05, 0.1) is 17.8 Å². The fourth-order valence-corrected chi connectivity index (χ4v) is 3.47. The lowest BCUT2D eigenvalue weighted by molar-refractivity contribution is -0.130. The first kappa shape index (κ1) is 15.8. The second-order valence-corrected chi connectivity index (χ2v) is 6.48. The molecule has 0 fully saturated rings. The summed E-state index contributed by atoms with van der Waals surface area (Å²) in [7, 11) is 0. The van der Waals surface area contributed by atoms with Crippen molar-refractivity contribution < 1.29 is 9.21 Å². The number of hydrazone groups is 1. The second kappa shape index (κ2) is 6.01. The first-order valence-electron chi connectivity index (χ1n) is 8.01. The van der Waals surface area contributed by atoms with Crippen LogP contribution in [-0.4, -0.2) is 21.6 Å². The van der Waals surface area contributed by atoms with Gasteiger partial charge in [-0.2, -0.15) is 5.10 Å². The number of fused-ring (bicyclic) bond motifs is 1. The standard InChI is InChI=1S/C19H16ClN3O2/c1-11-5-3-6-13-9-14(19(20)21-18(11)13)16-10-15(17-7-4-8-25-17)22-23(16)12(2)24/h3-9,16H,10H2,1-2H3/t16-/m1/s1. The summed E-state index contributed by atoms with van der Waals surface area (Å²) in [5.41, 5.74) is 3.45. The Morgan fingerprint density at radius 3 is 2.88 bits per heavy atom. The van der Waals surface area contributed by atoms with E-state index in [1.54, 1.807) is 12.3 Å². The van der Waals surface area contributed by atoms with Crippen LogP contribution in [0.2, 0.25) is 5.15 Å². The molecule has 25 heavy (non-hydrogen) atoms. The van der Waals surface area contributed by atoms with E-state index in [9.17, 15) is 4.79 Å². The van der Waals surface area contributed by atoms with Crippen LogP contribution < -0.4 is 0 Å². The molecule has 1 aliphatic heterocycles. The normalized spacial score (nSPS) is 17.2. The number of rotatable bonds is 2. The van der Waals surface area contributed by atoms with Crippen LogP contribution in [0.5, 0.6) is 0 Å². The van der Waals surface area contributed by atoms with Crippen molar-refractivity contribution in [2.45, 2.75) is 26.3 Å². The van der Waals surface area contributed by atoms with Gasteiger partial charge in [0.2, 0.25) is 5.91 Å². The van der Waals surface area contributed by atoms with E-state index in [0.29, 0.717) is 17.3 Å². The molecule has 0 aliphatic carbocycles. The molecule has 2 aromatic heterocycles. The number of furan rings is 1. The Bertz CT molecular complexity index is 995. The maximum atomic E-state index is 12.1. The van der Waals surface area contributed by atoms with Gasteiger partial charge in [-0.15, -0.1) is 0 Å². The molecular weight excluding hydrogens is 338 g/mol. The van der Waals surface area contributed by atoms with Gasteiger partial charge in [-0.1, -0.05) is 29.8 Å². The average Bonchev–Trinajstić information content (AvgIpc) is 3.24. The third-order valence-corrected chi connectivity index (χ3v) is 4.73. The smallest absolute Gasteiger partial charge is 0.240 e. The van der Waals surface area contributed by atoms with Crippen LogP contribution in [0, 0.1) is 6.92 Å². The largest absolute Gasteiger partial charge is 0.463 e. The van der Waals surface area contributed by atoms with Crippen molar-refractivity contribution in [1.82, 2.24) is 9.99 Å². The first-order chi connectivity index (χ1) is 12.0. The molecular formula is C19H16ClN3O2. The molecule has 0 N–H and O–H groups in total. The van der Waals surface area contributed by atoms with E-state index >= 15 is 0 Å². The van der Waals surface area contributed by atoms with Gasteiger partial charge < -0.3 is 4.42 Å². The molecule has 126 valence electrons. The first-order valence-corrected chi connectivity index (χ1v) is 8.39. The number of nitrogens with zero attached hydrogens (tertiary/aromatic N) is 3. The molecule has 1 aliphatic rings. The summed E-state index contributed by atoms with van der Waals surface area (Å²) < 4.78 is 5.43. The Hall–Kier alpha value is -2.66. The number of hydrogen-bond acceptors (Lipinski definition) is 4. The topological polar surface area (TPSA) is 58.7 Å². The highest BCUT2D eigenvalue weighted by atomic mass is 35.5.